The molecular weight excluding hydrogens is 280 g/mol. The number of nitrogens with zero attached hydrogens (tertiary/aromatic N) is 2. The number of primary amides is 1. The van der Waals surface area contributed by atoms with Crippen LogP contribution in [-0.2, 0) is 4.79 Å². The average Bonchev–Trinajstić information content (AvgIpc) is 2.92. The van der Waals surface area contributed by atoms with Gasteiger partial charge in [-0.05, 0) is 30.5 Å². The Morgan fingerprint density at radius 2 is 2.32 bits per heavy atom. The molecule has 114 valence electrons. The number of amides is 1. The third-order valence-corrected chi connectivity index (χ3v) is 4.02. The quantitative estimate of drug-likeness (QED) is 0.736. The van der Waals surface area contributed by atoms with Crippen LogP contribution in [-0.4, -0.2) is 20.6 Å². The zero-order valence-electron chi connectivity index (χ0n) is 12.2. The van der Waals surface area contributed by atoms with Crippen molar-refractivity contribution in [2.75, 3.05) is 0 Å². The van der Waals surface area contributed by atoms with E-state index in [4.69, 9.17) is 11.5 Å². The number of aryl methyl sites for hydroxylation is 1. The lowest BCUT2D eigenvalue weighted by atomic mass is 9.93. The molecule has 1 amide bonds. The minimum Gasteiger partial charge on any atom is -0.374 e. The number of carbonyl (C=O) groups excluding carboxylic acids is 1. The summed E-state index contributed by atoms with van der Waals surface area (Å²) in [6, 6.07) is 1.97. The number of hydrogen-bond acceptors (Lipinski definition) is 4. The zero-order chi connectivity index (χ0) is 15.9. The van der Waals surface area contributed by atoms with Crippen molar-refractivity contribution in [3.05, 3.63) is 53.4 Å². The van der Waals surface area contributed by atoms with Gasteiger partial charge in [0.2, 0.25) is 5.91 Å². The van der Waals surface area contributed by atoms with Crippen LogP contribution in [0.1, 0.15) is 29.3 Å². The predicted molar refractivity (Wildman–Crippen MR) is 83.5 cm³/mol. The van der Waals surface area contributed by atoms with Crippen LogP contribution >= 0.6 is 0 Å². The Labute approximate surface area is 127 Å². The molecule has 0 spiro atoms. The molecule has 3 rings (SSSR count). The van der Waals surface area contributed by atoms with Crippen LogP contribution in [0.2, 0.25) is 0 Å². The molecule has 0 saturated heterocycles. The molecule has 2 aromatic heterocycles. The third kappa shape index (κ3) is 2.43. The molecule has 6 nitrogen and oxygen atoms in total. The molecule has 0 aromatic carbocycles. The second-order valence-electron chi connectivity index (χ2n) is 5.50. The third-order valence-electron chi connectivity index (χ3n) is 4.02. The lowest BCUT2D eigenvalue weighted by Gasteiger charge is -2.12. The fraction of sp³-hybridized carbons (Fsp3) is 0.250. The highest BCUT2D eigenvalue weighted by Gasteiger charge is 2.17. The Hall–Kier alpha value is -2.44. The molecule has 2 heterocycles. The SMILES string of the molecule is Cc1c(C(N)O)cnn2cc(C3=CC(C(N)=O)CC=C3)cc12. The van der Waals surface area contributed by atoms with Gasteiger partial charge in [-0.2, -0.15) is 5.10 Å². The van der Waals surface area contributed by atoms with Gasteiger partial charge in [-0.25, -0.2) is 4.52 Å². The number of carbonyl (C=O) groups is 1. The summed E-state index contributed by atoms with van der Waals surface area (Å²) in [6.07, 6.45) is 8.83. The molecule has 6 heteroatoms. The highest BCUT2D eigenvalue weighted by Crippen LogP contribution is 2.28. The maximum Gasteiger partial charge on any atom is 0.224 e. The molecule has 0 radical (unpaired) electrons. The van der Waals surface area contributed by atoms with E-state index in [0.717, 1.165) is 22.2 Å². The van der Waals surface area contributed by atoms with E-state index in [0.29, 0.717) is 12.0 Å². The van der Waals surface area contributed by atoms with Gasteiger partial charge in [0.25, 0.3) is 0 Å². The molecule has 1 aliphatic carbocycles. The second-order valence-corrected chi connectivity index (χ2v) is 5.50. The molecule has 2 aromatic rings. The maximum absolute atomic E-state index is 11.4. The van der Waals surface area contributed by atoms with Crippen LogP contribution in [0.15, 0.2) is 36.7 Å². The highest BCUT2D eigenvalue weighted by atomic mass is 16.3. The molecular formula is C16H18N4O2. The minimum atomic E-state index is -1.05. The van der Waals surface area contributed by atoms with Crippen LogP contribution in [0.4, 0.5) is 0 Å². The summed E-state index contributed by atoms with van der Waals surface area (Å²) in [4.78, 5) is 11.4. The Bertz CT molecular complexity index is 802. The number of hydrogen-bond donors (Lipinski definition) is 3. The van der Waals surface area contributed by atoms with Crippen molar-refractivity contribution in [1.29, 1.82) is 0 Å². The van der Waals surface area contributed by atoms with E-state index in [1.165, 1.54) is 0 Å². The first-order valence-corrected chi connectivity index (χ1v) is 7.07. The molecule has 0 fully saturated rings. The van der Waals surface area contributed by atoms with Crippen LogP contribution in [0, 0.1) is 12.8 Å². The predicted octanol–water partition coefficient (Wildman–Crippen LogP) is 1.04. The zero-order valence-corrected chi connectivity index (χ0v) is 12.2. The first-order chi connectivity index (χ1) is 10.5. The lowest BCUT2D eigenvalue weighted by molar-refractivity contribution is -0.120. The standard InChI is InChI=1S/C16H18N4O2/c1-9-13(16(18)22)7-19-20-8-12(6-14(9)20)10-3-2-4-11(5-10)15(17)21/h2-3,5-8,11,16,22H,4,18H2,1H3,(H2,17,21). The largest absolute Gasteiger partial charge is 0.374 e. The van der Waals surface area contributed by atoms with E-state index in [-0.39, 0.29) is 11.8 Å². The number of rotatable bonds is 3. The van der Waals surface area contributed by atoms with E-state index in [1.807, 2.05) is 37.4 Å². The Kier molecular flexibility index (Phi) is 3.56. The van der Waals surface area contributed by atoms with Gasteiger partial charge in [0.15, 0.2) is 0 Å². The number of aliphatic hydroxyl groups is 1. The summed E-state index contributed by atoms with van der Waals surface area (Å²) in [5, 5.41) is 13.8. The normalized spacial score (nSPS) is 19.2. The smallest absolute Gasteiger partial charge is 0.224 e. The van der Waals surface area contributed by atoms with Crippen molar-refractivity contribution in [1.82, 2.24) is 9.61 Å². The maximum atomic E-state index is 11.4. The van der Waals surface area contributed by atoms with Gasteiger partial charge < -0.3 is 16.6 Å². The summed E-state index contributed by atoms with van der Waals surface area (Å²) in [6.45, 7) is 1.89. The van der Waals surface area contributed by atoms with Gasteiger partial charge in [-0.3, -0.25) is 4.79 Å². The average molecular weight is 298 g/mol. The monoisotopic (exact) mass is 298 g/mol. The molecule has 0 aliphatic heterocycles. The van der Waals surface area contributed by atoms with Gasteiger partial charge in [-0.1, -0.05) is 18.2 Å². The summed E-state index contributed by atoms with van der Waals surface area (Å²) in [5.74, 6) is -0.605. The lowest BCUT2D eigenvalue weighted by Crippen LogP contribution is -2.22. The van der Waals surface area contributed by atoms with Crippen molar-refractivity contribution in [2.45, 2.75) is 19.6 Å². The van der Waals surface area contributed by atoms with Gasteiger partial charge in [0, 0.05) is 17.3 Å². The summed E-state index contributed by atoms with van der Waals surface area (Å²) in [7, 11) is 0. The van der Waals surface area contributed by atoms with Crippen molar-refractivity contribution in [3.8, 4) is 0 Å². The highest BCUT2D eigenvalue weighted by molar-refractivity contribution is 5.86. The van der Waals surface area contributed by atoms with E-state index in [2.05, 4.69) is 5.10 Å². The summed E-state index contributed by atoms with van der Waals surface area (Å²) < 4.78 is 1.74. The number of nitrogens with two attached hydrogens (primary N) is 2. The second kappa shape index (κ2) is 5.40. The first-order valence-electron chi connectivity index (χ1n) is 7.07. The van der Waals surface area contributed by atoms with Crippen LogP contribution in [0.5, 0.6) is 0 Å². The van der Waals surface area contributed by atoms with E-state index < -0.39 is 6.23 Å². The molecule has 5 N–H and O–H groups in total. The van der Waals surface area contributed by atoms with Crippen molar-refractivity contribution >= 4 is 17.0 Å². The van der Waals surface area contributed by atoms with Crippen LogP contribution in [0.3, 0.4) is 0 Å². The Morgan fingerprint density at radius 3 is 3.00 bits per heavy atom. The van der Waals surface area contributed by atoms with Crippen molar-refractivity contribution < 1.29 is 9.90 Å². The first kappa shape index (κ1) is 14.5. The number of aliphatic hydroxyl groups excluding tert-OH is 1. The van der Waals surface area contributed by atoms with E-state index in [9.17, 15) is 9.90 Å². The molecule has 2 unspecified atom stereocenters. The molecule has 1 aliphatic rings. The summed E-state index contributed by atoms with van der Waals surface area (Å²) in [5.41, 5.74) is 15.2. The number of fused-ring (bicyclic) bond motifs is 1. The van der Waals surface area contributed by atoms with Crippen LogP contribution in [0.25, 0.3) is 11.1 Å². The van der Waals surface area contributed by atoms with Crippen molar-refractivity contribution in [3.63, 3.8) is 0 Å². The molecule has 22 heavy (non-hydrogen) atoms. The van der Waals surface area contributed by atoms with Crippen molar-refractivity contribution in [2.24, 2.45) is 17.4 Å². The topological polar surface area (TPSA) is 107 Å². The van der Waals surface area contributed by atoms with Gasteiger partial charge in [0.1, 0.15) is 6.23 Å². The number of aromatic nitrogens is 2. The summed E-state index contributed by atoms with van der Waals surface area (Å²) >= 11 is 0. The molecule has 2 atom stereocenters. The molecule has 0 saturated carbocycles. The van der Waals surface area contributed by atoms with Crippen LogP contribution < -0.4 is 11.5 Å². The Morgan fingerprint density at radius 1 is 1.55 bits per heavy atom. The number of allylic oxidation sites excluding steroid dienone is 3. The van der Waals surface area contributed by atoms with Gasteiger partial charge >= 0.3 is 0 Å². The van der Waals surface area contributed by atoms with Gasteiger partial charge in [0.05, 0.1) is 17.6 Å². The van der Waals surface area contributed by atoms with E-state index >= 15 is 0 Å². The molecule has 0 bridgehead atoms. The van der Waals surface area contributed by atoms with Gasteiger partial charge in [-0.15, -0.1) is 0 Å². The Balaban J connectivity index is 2.08. The fourth-order valence-corrected chi connectivity index (χ4v) is 2.73. The van der Waals surface area contributed by atoms with E-state index in [1.54, 1.807) is 10.7 Å². The fourth-order valence-electron chi connectivity index (χ4n) is 2.73. The minimum absolute atomic E-state index is 0.279.